The molecule has 3 aromatic rings. The van der Waals surface area contributed by atoms with Crippen LogP contribution in [0.3, 0.4) is 0 Å². The molecular formula is C24H28N4O3. The molecule has 162 valence electrons. The Morgan fingerprint density at radius 1 is 1.03 bits per heavy atom. The highest BCUT2D eigenvalue weighted by Crippen LogP contribution is 2.12. The van der Waals surface area contributed by atoms with Crippen LogP contribution < -0.4 is 15.4 Å². The number of nitrogens with zero attached hydrogens (tertiary/aromatic N) is 2. The molecule has 0 aliphatic carbocycles. The van der Waals surface area contributed by atoms with Gasteiger partial charge >= 0.3 is 0 Å². The molecule has 0 fully saturated rings. The SMILES string of the molecule is COc1ccc(C(=O)NC(C(=O)NCCc2ccn(-c3ccccc3)n2)C(C)C)cc1. The molecule has 0 aliphatic heterocycles. The molecule has 0 saturated heterocycles. The van der Waals surface area contributed by atoms with Crippen LogP contribution in [0.1, 0.15) is 29.9 Å². The minimum absolute atomic E-state index is 0.0560. The molecule has 2 N–H and O–H groups in total. The Morgan fingerprint density at radius 3 is 2.39 bits per heavy atom. The van der Waals surface area contributed by atoms with Crippen LogP contribution in [0.25, 0.3) is 5.69 Å². The van der Waals surface area contributed by atoms with Gasteiger partial charge in [0.2, 0.25) is 5.91 Å². The van der Waals surface area contributed by atoms with E-state index in [1.54, 1.807) is 31.4 Å². The topological polar surface area (TPSA) is 85.2 Å². The molecule has 0 bridgehead atoms. The Hall–Kier alpha value is -3.61. The largest absolute Gasteiger partial charge is 0.497 e. The number of carbonyl (C=O) groups is 2. The summed E-state index contributed by atoms with van der Waals surface area (Å²) in [5.41, 5.74) is 2.34. The number of nitrogens with one attached hydrogen (secondary N) is 2. The number of carbonyl (C=O) groups excluding carboxylic acids is 2. The van der Waals surface area contributed by atoms with Gasteiger partial charge in [-0.2, -0.15) is 5.10 Å². The summed E-state index contributed by atoms with van der Waals surface area (Å²) in [6.07, 6.45) is 2.50. The summed E-state index contributed by atoms with van der Waals surface area (Å²) in [6, 6.07) is 17.9. The van der Waals surface area contributed by atoms with Crippen LogP contribution in [0.15, 0.2) is 66.9 Å². The Bertz CT molecular complexity index is 997. The molecule has 1 unspecified atom stereocenters. The smallest absolute Gasteiger partial charge is 0.251 e. The van der Waals surface area contributed by atoms with Crippen LogP contribution in [-0.4, -0.2) is 41.3 Å². The van der Waals surface area contributed by atoms with Crippen molar-refractivity contribution in [1.29, 1.82) is 0 Å². The van der Waals surface area contributed by atoms with E-state index < -0.39 is 6.04 Å². The molecule has 2 aromatic carbocycles. The molecule has 1 heterocycles. The Morgan fingerprint density at radius 2 is 1.74 bits per heavy atom. The third-order valence-electron chi connectivity index (χ3n) is 4.93. The number of amides is 2. The maximum absolute atomic E-state index is 12.7. The van der Waals surface area contributed by atoms with Crippen molar-refractivity contribution in [2.24, 2.45) is 5.92 Å². The number of ether oxygens (including phenoxy) is 1. The number of rotatable bonds is 9. The van der Waals surface area contributed by atoms with Crippen LogP contribution in [0.2, 0.25) is 0 Å². The average molecular weight is 421 g/mol. The van der Waals surface area contributed by atoms with Crippen molar-refractivity contribution < 1.29 is 14.3 Å². The maximum Gasteiger partial charge on any atom is 0.251 e. The zero-order chi connectivity index (χ0) is 22.2. The van der Waals surface area contributed by atoms with Crippen LogP contribution in [0.4, 0.5) is 0 Å². The number of aromatic nitrogens is 2. The highest BCUT2D eigenvalue weighted by atomic mass is 16.5. The average Bonchev–Trinajstić information content (AvgIpc) is 3.26. The van der Waals surface area contributed by atoms with Crippen molar-refractivity contribution in [3.63, 3.8) is 0 Å². The van der Waals surface area contributed by atoms with E-state index in [2.05, 4.69) is 15.7 Å². The quantitative estimate of drug-likeness (QED) is 0.557. The first-order valence-electron chi connectivity index (χ1n) is 10.3. The fourth-order valence-electron chi connectivity index (χ4n) is 3.15. The van der Waals surface area contributed by atoms with Gasteiger partial charge in [0.25, 0.3) is 5.91 Å². The highest BCUT2D eigenvalue weighted by Gasteiger charge is 2.24. The molecule has 0 saturated carbocycles. The van der Waals surface area contributed by atoms with E-state index in [1.807, 2.05) is 61.1 Å². The van der Waals surface area contributed by atoms with Crippen molar-refractivity contribution in [2.75, 3.05) is 13.7 Å². The van der Waals surface area contributed by atoms with Gasteiger partial charge in [-0.25, -0.2) is 4.68 Å². The first-order valence-corrected chi connectivity index (χ1v) is 10.3. The zero-order valence-electron chi connectivity index (χ0n) is 18.0. The van der Waals surface area contributed by atoms with Crippen LogP contribution in [0, 0.1) is 5.92 Å². The van der Waals surface area contributed by atoms with Gasteiger partial charge in [0.05, 0.1) is 18.5 Å². The second-order valence-corrected chi connectivity index (χ2v) is 7.55. The minimum Gasteiger partial charge on any atom is -0.497 e. The van der Waals surface area contributed by atoms with Gasteiger partial charge in [0, 0.05) is 24.7 Å². The van der Waals surface area contributed by atoms with E-state index in [1.165, 1.54) is 0 Å². The van der Waals surface area contributed by atoms with Gasteiger partial charge in [0.1, 0.15) is 11.8 Å². The molecule has 7 heteroatoms. The fraction of sp³-hybridized carbons (Fsp3) is 0.292. The lowest BCUT2D eigenvalue weighted by Gasteiger charge is -2.21. The summed E-state index contributed by atoms with van der Waals surface area (Å²) in [5, 5.41) is 10.3. The third kappa shape index (κ3) is 5.94. The molecule has 3 rings (SSSR count). The van der Waals surface area contributed by atoms with E-state index in [-0.39, 0.29) is 17.7 Å². The summed E-state index contributed by atoms with van der Waals surface area (Å²) in [5.74, 6) is 0.112. The number of hydrogen-bond donors (Lipinski definition) is 2. The second-order valence-electron chi connectivity index (χ2n) is 7.55. The molecular weight excluding hydrogens is 392 g/mol. The van der Waals surface area contributed by atoms with E-state index in [0.29, 0.717) is 24.3 Å². The number of benzene rings is 2. The van der Waals surface area contributed by atoms with E-state index in [9.17, 15) is 9.59 Å². The lowest BCUT2D eigenvalue weighted by molar-refractivity contribution is -0.123. The zero-order valence-corrected chi connectivity index (χ0v) is 18.0. The van der Waals surface area contributed by atoms with Gasteiger partial charge in [-0.15, -0.1) is 0 Å². The van der Waals surface area contributed by atoms with Gasteiger partial charge < -0.3 is 15.4 Å². The minimum atomic E-state index is -0.628. The molecule has 0 spiro atoms. The first-order chi connectivity index (χ1) is 15.0. The molecule has 31 heavy (non-hydrogen) atoms. The van der Waals surface area contributed by atoms with Gasteiger partial charge in [-0.1, -0.05) is 32.0 Å². The van der Waals surface area contributed by atoms with Crippen LogP contribution in [0.5, 0.6) is 5.75 Å². The third-order valence-corrected chi connectivity index (χ3v) is 4.93. The Kier molecular flexibility index (Phi) is 7.43. The normalized spacial score (nSPS) is 11.7. The van der Waals surface area contributed by atoms with E-state index in [0.717, 1.165) is 11.4 Å². The van der Waals surface area contributed by atoms with Crippen LogP contribution >= 0.6 is 0 Å². The summed E-state index contributed by atoms with van der Waals surface area (Å²) < 4.78 is 6.92. The van der Waals surface area contributed by atoms with Gasteiger partial charge in [0.15, 0.2) is 0 Å². The van der Waals surface area contributed by atoms with E-state index >= 15 is 0 Å². The summed E-state index contributed by atoms with van der Waals surface area (Å²) in [7, 11) is 1.57. The Balaban J connectivity index is 1.53. The van der Waals surface area contributed by atoms with Crippen molar-refractivity contribution in [3.05, 3.63) is 78.1 Å². The van der Waals surface area contributed by atoms with Crippen molar-refractivity contribution in [1.82, 2.24) is 20.4 Å². The lowest BCUT2D eigenvalue weighted by atomic mass is 10.0. The molecule has 7 nitrogen and oxygen atoms in total. The molecule has 1 atom stereocenters. The fourth-order valence-corrected chi connectivity index (χ4v) is 3.15. The number of methoxy groups -OCH3 is 1. The molecule has 2 amide bonds. The monoisotopic (exact) mass is 420 g/mol. The van der Waals surface area contributed by atoms with Gasteiger partial charge in [-0.3, -0.25) is 9.59 Å². The second kappa shape index (κ2) is 10.4. The summed E-state index contributed by atoms with van der Waals surface area (Å²) in [6.45, 7) is 4.24. The lowest BCUT2D eigenvalue weighted by Crippen LogP contribution is -2.50. The standard InChI is InChI=1S/C24H28N4O3/c1-17(2)22(26-23(29)18-9-11-21(31-3)12-10-18)24(30)25-15-13-19-14-16-28(27-19)20-7-5-4-6-8-20/h4-12,14,16-17,22H,13,15H2,1-3H3,(H,25,30)(H,26,29). The summed E-state index contributed by atoms with van der Waals surface area (Å²) >= 11 is 0. The van der Waals surface area contributed by atoms with Crippen molar-refractivity contribution >= 4 is 11.8 Å². The van der Waals surface area contributed by atoms with Crippen LogP contribution in [-0.2, 0) is 11.2 Å². The van der Waals surface area contributed by atoms with E-state index in [4.69, 9.17) is 4.74 Å². The molecule has 0 radical (unpaired) electrons. The number of hydrogen-bond acceptors (Lipinski definition) is 4. The molecule has 1 aromatic heterocycles. The first kappa shape index (κ1) is 22.1. The summed E-state index contributed by atoms with van der Waals surface area (Å²) in [4.78, 5) is 25.2. The molecule has 0 aliphatic rings. The highest BCUT2D eigenvalue weighted by molar-refractivity contribution is 5.97. The predicted octanol–water partition coefficient (Wildman–Crippen LogP) is 2.99. The van der Waals surface area contributed by atoms with Crippen molar-refractivity contribution in [2.45, 2.75) is 26.3 Å². The van der Waals surface area contributed by atoms with Gasteiger partial charge in [-0.05, 0) is 48.4 Å². The van der Waals surface area contributed by atoms with Crippen molar-refractivity contribution in [3.8, 4) is 11.4 Å². The Labute approximate surface area is 182 Å². The maximum atomic E-state index is 12.7. The number of para-hydroxylation sites is 1. The predicted molar refractivity (Wildman–Crippen MR) is 119 cm³/mol.